The molecule has 0 aromatic heterocycles. The molecule has 33 heavy (non-hydrogen) atoms. The summed E-state index contributed by atoms with van der Waals surface area (Å²) in [6.07, 6.45) is 0.624. The first-order valence-electron chi connectivity index (χ1n) is 10.2. The zero-order valence-electron chi connectivity index (χ0n) is 18.2. The first-order valence-corrected chi connectivity index (χ1v) is 12.4. The van der Waals surface area contributed by atoms with E-state index < -0.39 is 22.5 Å². The Labute approximate surface area is 204 Å². The van der Waals surface area contributed by atoms with E-state index in [2.05, 4.69) is 5.32 Å². The summed E-state index contributed by atoms with van der Waals surface area (Å²) in [7, 11) is -2.48. The number of methoxy groups -OCH3 is 1. The second-order valence-corrected chi connectivity index (χ2v) is 9.98. The molecule has 1 N–H and O–H groups in total. The van der Waals surface area contributed by atoms with Gasteiger partial charge in [0.2, 0.25) is 5.91 Å². The molecule has 0 unspecified atom stereocenters. The van der Waals surface area contributed by atoms with Gasteiger partial charge in [-0.3, -0.25) is 9.10 Å². The van der Waals surface area contributed by atoms with Crippen LogP contribution in [0.4, 0.5) is 5.69 Å². The number of rotatable bonds is 9. The fourth-order valence-electron chi connectivity index (χ4n) is 3.31. The second-order valence-electron chi connectivity index (χ2n) is 7.25. The number of hydrogen-bond acceptors (Lipinski definition) is 4. The third-order valence-corrected chi connectivity index (χ3v) is 7.32. The Hall–Kier alpha value is -2.74. The van der Waals surface area contributed by atoms with Crippen LogP contribution in [0.25, 0.3) is 0 Å². The maximum Gasteiger partial charge on any atom is 0.264 e. The normalized spacial score (nSPS) is 12.1. The van der Waals surface area contributed by atoms with Gasteiger partial charge < -0.3 is 10.1 Å². The van der Waals surface area contributed by atoms with E-state index in [0.717, 1.165) is 9.87 Å². The summed E-state index contributed by atoms with van der Waals surface area (Å²) in [5, 5.41) is 3.69. The lowest BCUT2D eigenvalue weighted by Gasteiger charge is -2.26. The molecule has 0 fully saturated rings. The number of halogens is 2. The van der Waals surface area contributed by atoms with Crippen molar-refractivity contribution in [2.24, 2.45) is 0 Å². The molecule has 3 aromatic carbocycles. The highest BCUT2D eigenvalue weighted by Crippen LogP contribution is 2.27. The molecule has 1 amide bonds. The number of hydrogen-bond donors (Lipinski definition) is 1. The van der Waals surface area contributed by atoms with Gasteiger partial charge in [0.15, 0.2) is 0 Å². The topological polar surface area (TPSA) is 75.7 Å². The Bertz CT molecular complexity index is 1200. The second kappa shape index (κ2) is 10.9. The zero-order chi connectivity index (χ0) is 24.0. The molecule has 174 valence electrons. The number of amides is 1. The van der Waals surface area contributed by atoms with Crippen LogP contribution < -0.4 is 14.4 Å². The summed E-state index contributed by atoms with van der Waals surface area (Å²) in [6, 6.07) is 19.2. The van der Waals surface area contributed by atoms with Crippen molar-refractivity contribution in [2.75, 3.05) is 18.0 Å². The highest BCUT2D eigenvalue weighted by Gasteiger charge is 2.28. The van der Waals surface area contributed by atoms with Crippen LogP contribution in [0.2, 0.25) is 10.0 Å². The van der Waals surface area contributed by atoms with E-state index in [1.807, 2.05) is 31.2 Å². The standard InChI is InChI=1S/C24H24Cl2N2O4S/c1-3-23(17-7-11-21(32-2)12-8-17)27-24(29)16-28(20-6-4-5-19(26)15-20)33(30,31)22-13-9-18(25)10-14-22/h4-15,23H,3,16H2,1-2H3,(H,27,29)/t23-/m1/s1. The van der Waals surface area contributed by atoms with E-state index in [0.29, 0.717) is 22.2 Å². The Balaban J connectivity index is 1.89. The molecular weight excluding hydrogens is 483 g/mol. The summed E-state index contributed by atoms with van der Waals surface area (Å²) in [6.45, 7) is 1.52. The van der Waals surface area contributed by atoms with E-state index in [9.17, 15) is 13.2 Å². The maximum atomic E-state index is 13.4. The van der Waals surface area contributed by atoms with E-state index in [4.69, 9.17) is 27.9 Å². The lowest BCUT2D eigenvalue weighted by molar-refractivity contribution is -0.120. The summed E-state index contributed by atoms with van der Waals surface area (Å²) < 4.78 is 33.1. The van der Waals surface area contributed by atoms with Crippen molar-refractivity contribution in [3.8, 4) is 5.75 Å². The number of sulfonamides is 1. The lowest BCUT2D eigenvalue weighted by Crippen LogP contribution is -2.42. The minimum atomic E-state index is -4.06. The quantitative estimate of drug-likeness (QED) is 0.417. The van der Waals surface area contributed by atoms with Gasteiger partial charge >= 0.3 is 0 Å². The van der Waals surface area contributed by atoms with Gasteiger partial charge in [-0.15, -0.1) is 0 Å². The minimum absolute atomic E-state index is 0.0156. The molecular formula is C24H24Cl2N2O4S. The molecule has 3 rings (SSSR count). The van der Waals surface area contributed by atoms with Crippen molar-refractivity contribution in [3.05, 3.63) is 88.4 Å². The molecule has 3 aromatic rings. The number of carbonyl (C=O) groups excluding carboxylic acids is 1. The van der Waals surface area contributed by atoms with Crippen molar-refractivity contribution in [1.29, 1.82) is 0 Å². The molecule has 0 aliphatic heterocycles. The Morgan fingerprint density at radius 3 is 2.24 bits per heavy atom. The van der Waals surface area contributed by atoms with E-state index >= 15 is 0 Å². The number of nitrogens with zero attached hydrogens (tertiary/aromatic N) is 1. The van der Waals surface area contributed by atoms with E-state index in [-0.39, 0.29) is 16.6 Å². The zero-order valence-corrected chi connectivity index (χ0v) is 20.5. The molecule has 0 saturated heterocycles. The smallest absolute Gasteiger partial charge is 0.264 e. The van der Waals surface area contributed by atoms with Crippen LogP contribution in [0.3, 0.4) is 0 Å². The van der Waals surface area contributed by atoms with Crippen molar-refractivity contribution in [1.82, 2.24) is 5.32 Å². The van der Waals surface area contributed by atoms with Gasteiger partial charge in [0.05, 0.1) is 23.7 Å². The summed E-state index contributed by atoms with van der Waals surface area (Å²) in [5.74, 6) is 0.260. The Morgan fingerprint density at radius 2 is 1.67 bits per heavy atom. The van der Waals surface area contributed by atoms with Gasteiger partial charge in [-0.1, -0.05) is 48.3 Å². The minimum Gasteiger partial charge on any atom is -0.497 e. The summed E-state index contributed by atoms with van der Waals surface area (Å²) >= 11 is 12.0. The molecule has 0 heterocycles. The van der Waals surface area contributed by atoms with Crippen LogP contribution in [0.1, 0.15) is 24.9 Å². The fraction of sp³-hybridized carbons (Fsp3) is 0.208. The van der Waals surface area contributed by atoms with Crippen LogP contribution in [-0.2, 0) is 14.8 Å². The van der Waals surface area contributed by atoms with Crippen LogP contribution in [-0.4, -0.2) is 28.0 Å². The molecule has 0 saturated carbocycles. The average Bonchev–Trinajstić information content (AvgIpc) is 2.81. The molecule has 0 aliphatic carbocycles. The van der Waals surface area contributed by atoms with Gasteiger partial charge in [0.1, 0.15) is 12.3 Å². The molecule has 6 nitrogen and oxygen atoms in total. The van der Waals surface area contributed by atoms with Crippen molar-refractivity contribution in [2.45, 2.75) is 24.3 Å². The van der Waals surface area contributed by atoms with Crippen molar-refractivity contribution < 1.29 is 17.9 Å². The molecule has 0 aliphatic rings. The highest BCUT2D eigenvalue weighted by atomic mass is 35.5. The monoisotopic (exact) mass is 506 g/mol. The largest absolute Gasteiger partial charge is 0.497 e. The number of ether oxygens (including phenoxy) is 1. The molecule has 0 radical (unpaired) electrons. The number of anilines is 1. The first kappa shape index (κ1) is 24.9. The van der Waals surface area contributed by atoms with Crippen molar-refractivity contribution >= 4 is 44.8 Å². The van der Waals surface area contributed by atoms with Crippen LogP contribution in [0.15, 0.2) is 77.7 Å². The summed E-state index contributed by atoms with van der Waals surface area (Å²) in [4.78, 5) is 13.0. The van der Waals surface area contributed by atoms with Gasteiger partial charge in [0.25, 0.3) is 10.0 Å². The third-order valence-electron chi connectivity index (χ3n) is 5.05. The number of nitrogens with one attached hydrogen (secondary N) is 1. The van der Waals surface area contributed by atoms with Crippen molar-refractivity contribution in [3.63, 3.8) is 0 Å². The van der Waals surface area contributed by atoms with E-state index in [1.54, 1.807) is 25.3 Å². The summed E-state index contributed by atoms with van der Waals surface area (Å²) in [5.41, 5.74) is 1.17. The van der Waals surface area contributed by atoms with E-state index in [1.165, 1.54) is 30.3 Å². The molecule has 9 heteroatoms. The predicted octanol–water partition coefficient (Wildman–Crippen LogP) is 5.46. The Morgan fingerprint density at radius 1 is 1.00 bits per heavy atom. The fourth-order valence-corrected chi connectivity index (χ4v) is 5.03. The Kier molecular flexibility index (Phi) is 8.24. The third kappa shape index (κ3) is 6.19. The highest BCUT2D eigenvalue weighted by molar-refractivity contribution is 7.92. The SMILES string of the molecule is CC[C@@H](NC(=O)CN(c1cccc(Cl)c1)S(=O)(=O)c1ccc(Cl)cc1)c1ccc(OC)cc1. The van der Waals surface area contributed by atoms with Gasteiger partial charge in [-0.2, -0.15) is 0 Å². The van der Waals surface area contributed by atoms with Crippen LogP contribution in [0, 0.1) is 0 Å². The molecule has 0 bridgehead atoms. The average molecular weight is 507 g/mol. The number of benzene rings is 3. The van der Waals surface area contributed by atoms with Gasteiger partial charge in [-0.05, 0) is 66.6 Å². The first-order chi connectivity index (χ1) is 15.7. The number of carbonyl (C=O) groups is 1. The van der Waals surface area contributed by atoms with Gasteiger partial charge in [0, 0.05) is 10.0 Å². The predicted molar refractivity (Wildman–Crippen MR) is 132 cm³/mol. The van der Waals surface area contributed by atoms with Crippen LogP contribution in [0.5, 0.6) is 5.75 Å². The maximum absolute atomic E-state index is 13.4. The van der Waals surface area contributed by atoms with Gasteiger partial charge in [-0.25, -0.2) is 8.42 Å². The lowest BCUT2D eigenvalue weighted by atomic mass is 10.0. The molecule has 1 atom stereocenters. The van der Waals surface area contributed by atoms with Crippen LogP contribution >= 0.6 is 23.2 Å². The molecule has 0 spiro atoms.